The quantitative estimate of drug-likeness (QED) is 0.624. The van der Waals surface area contributed by atoms with Crippen molar-refractivity contribution in [2.24, 2.45) is 5.92 Å². The summed E-state index contributed by atoms with van der Waals surface area (Å²) in [6, 6.07) is -0.805. The molecule has 0 aromatic carbocycles. The first kappa shape index (κ1) is 18.7. The molecule has 118 valence electrons. The largest absolute Gasteiger partial charge is 0.480 e. The lowest BCUT2D eigenvalue weighted by atomic mass is 9.97. The number of ether oxygens (including phenoxy) is 1. The van der Waals surface area contributed by atoms with Gasteiger partial charge in [0.15, 0.2) is 0 Å². The molecule has 20 heavy (non-hydrogen) atoms. The average Bonchev–Trinajstić information content (AvgIpc) is 2.41. The Bertz CT molecular complexity index is 294. The second-order valence-corrected chi connectivity index (χ2v) is 5.12. The summed E-state index contributed by atoms with van der Waals surface area (Å²) in [5.41, 5.74) is 0. The molecule has 1 N–H and O–H groups in total. The number of hydrogen-bond acceptors (Lipinski definition) is 3. The van der Waals surface area contributed by atoms with E-state index in [0.29, 0.717) is 13.0 Å². The molecule has 2 unspecified atom stereocenters. The van der Waals surface area contributed by atoms with Crippen LogP contribution in [-0.4, -0.2) is 41.3 Å². The second kappa shape index (κ2) is 10.5. The highest BCUT2D eigenvalue weighted by atomic mass is 16.6. The highest BCUT2D eigenvalue weighted by Gasteiger charge is 2.33. The van der Waals surface area contributed by atoms with Crippen LogP contribution in [0.25, 0.3) is 0 Å². The molecule has 0 spiro atoms. The van der Waals surface area contributed by atoms with Crippen molar-refractivity contribution >= 4 is 12.1 Å². The van der Waals surface area contributed by atoms with Crippen LogP contribution in [0.4, 0.5) is 4.79 Å². The molecule has 0 heterocycles. The van der Waals surface area contributed by atoms with Crippen LogP contribution < -0.4 is 0 Å². The van der Waals surface area contributed by atoms with Crippen LogP contribution in [0.5, 0.6) is 0 Å². The summed E-state index contributed by atoms with van der Waals surface area (Å²) in [6.45, 7) is 8.34. The number of unbranched alkanes of at least 4 members (excludes halogenated alkanes) is 3. The lowest BCUT2D eigenvalue weighted by molar-refractivity contribution is -0.144. The fourth-order valence-electron chi connectivity index (χ4n) is 2.17. The van der Waals surface area contributed by atoms with E-state index in [1.165, 1.54) is 4.90 Å². The van der Waals surface area contributed by atoms with Crippen molar-refractivity contribution in [1.82, 2.24) is 4.90 Å². The van der Waals surface area contributed by atoms with E-state index < -0.39 is 18.1 Å². The van der Waals surface area contributed by atoms with E-state index in [-0.39, 0.29) is 12.5 Å². The van der Waals surface area contributed by atoms with Crippen molar-refractivity contribution < 1.29 is 19.4 Å². The van der Waals surface area contributed by atoms with Gasteiger partial charge in [0.25, 0.3) is 0 Å². The number of carboxylic acids is 1. The summed E-state index contributed by atoms with van der Waals surface area (Å²) < 4.78 is 5.01. The molecule has 2 atom stereocenters. The minimum Gasteiger partial charge on any atom is -0.480 e. The smallest absolute Gasteiger partial charge is 0.410 e. The zero-order chi connectivity index (χ0) is 15.5. The third kappa shape index (κ3) is 6.26. The van der Waals surface area contributed by atoms with Gasteiger partial charge in [0.1, 0.15) is 6.04 Å². The minimum absolute atomic E-state index is 0.0944. The summed E-state index contributed by atoms with van der Waals surface area (Å²) in [5, 5.41) is 9.42. The maximum atomic E-state index is 12.0. The first-order chi connectivity index (χ1) is 9.49. The molecule has 0 aromatic rings. The fourth-order valence-corrected chi connectivity index (χ4v) is 2.17. The maximum absolute atomic E-state index is 12.0. The first-order valence-corrected chi connectivity index (χ1v) is 7.65. The van der Waals surface area contributed by atoms with Gasteiger partial charge in [-0.3, -0.25) is 4.90 Å². The van der Waals surface area contributed by atoms with Gasteiger partial charge in [0, 0.05) is 6.54 Å². The number of amides is 1. The van der Waals surface area contributed by atoms with Crippen LogP contribution in [0.3, 0.4) is 0 Å². The molecule has 1 amide bonds. The van der Waals surface area contributed by atoms with E-state index in [2.05, 4.69) is 6.92 Å². The van der Waals surface area contributed by atoms with E-state index in [4.69, 9.17) is 4.74 Å². The van der Waals surface area contributed by atoms with Gasteiger partial charge in [0.05, 0.1) is 6.61 Å². The molecular formula is C15H29NO4. The number of rotatable bonds is 10. The molecule has 5 heteroatoms. The third-order valence-electron chi connectivity index (χ3n) is 3.53. The van der Waals surface area contributed by atoms with E-state index in [0.717, 1.165) is 25.7 Å². The Morgan fingerprint density at radius 2 is 1.80 bits per heavy atom. The van der Waals surface area contributed by atoms with E-state index in [1.54, 1.807) is 6.92 Å². The molecule has 5 nitrogen and oxygen atoms in total. The maximum Gasteiger partial charge on any atom is 0.410 e. The standard InChI is InChI=1S/C15H29NO4/c1-5-8-9-10-11-16(15(19)20-7-3)13(14(17)18)12(4)6-2/h12-13H,5-11H2,1-4H3,(H,17,18). The van der Waals surface area contributed by atoms with Crippen LogP contribution in [0.2, 0.25) is 0 Å². The van der Waals surface area contributed by atoms with Crippen molar-refractivity contribution in [3.63, 3.8) is 0 Å². The number of nitrogens with zero attached hydrogens (tertiary/aromatic N) is 1. The van der Waals surface area contributed by atoms with Gasteiger partial charge in [-0.15, -0.1) is 0 Å². The van der Waals surface area contributed by atoms with Crippen molar-refractivity contribution in [3.05, 3.63) is 0 Å². The number of carboxylic acid groups (broad SMARTS) is 1. The van der Waals surface area contributed by atoms with Crippen LogP contribution in [0.15, 0.2) is 0 Å². The van der Waals surface area contributed by atoms with E-state index in [1.807, 2.05) is 13.8 Å². The molecule has 0 aromatic heterocycles. The number of carbonyl (C=O) groups is 2. The lowest BCUT2D eigenvalue weighted by Gasteiger charge is -2.31. The predicted octanol–water partition coefficient (Wildman–Crippen LogP) is 3.52. The molecule has 0 radical (unpaired) electrons. The summed E-state index contributed by atoms with van der Waals surface area (Å²) in [5.74, 6) is -1.05. The molecule has 0 aliphatic rings. The van der Waals surface area contributed by atoms with Crippen LogP contribution >= 0.6 is 0 Å². The monoisotopic (exact) mass is 287 g/mol. The van der Waals surface area contributed by atoms with Crippen molar-refractivity contribution in [1.29, 1.82) is 0 Å². The molecule has 0 saturated heterocycles. The third-order valence-corrected chi connectivity index (χ3v) is 3.53. The Kier molecular flexibility index (Phi) is 9.86. The van der Waals surface area contributed by atoms with Gasteiger partial charge in [-0.2, -0.15) is 0 Å². The second-order valence-electron chi connectivity index (χ2n) is 5.12. The Hall–Kier alpha value is -1.26. The zero-order valence-electron chi connectivity index (χ0n) is 13.2. The van der Waals surface area contributed by atoms with E-state index >= 15 is 0 Å². The number of carbonyl (C=O) groups excluding carboxylic acids is 1. The van der Waals surface area contributed by atoms with Gasteiger partial charge >= 0.3 is 12.1 Å². The highest BCUT2D eigenvalue weighted by Crippen LogP contribution is 2.18. The topological polar surface area (TPSA) is 66.8 Å². The van der Waals surface area contributed by atoms with Crippen molar-refractivity contribution in [3.8, 4) is 0 Å². The Morgan fingerprint density at radius 1 is 1.15 bits per heavy atom. The van der Waals surface area contributed by atoms with Crippen LogP contribution in [0.1, 0.15) is 59.8 Å². The molecule has 0 rings (SSSR count). The van der Waals surface area contributed by atoms with Gasteiger partial charge in [-0.1, -0.05) is 46.5 Å². The molecule has 0 bridgehead atoms. The lowest BCUT2D eigenvalue weighted by Crippen LogP contribution is -2.49. The van der Waals surface area contributed by atoms with Gasteiger partial charge in [-0.25, -0.2) is 9.59 Å². The molecular weight excluding hydrogens is 258 g/mol. The minimum atomic E-state index is -0.956. The summed E-state index contributed by atoms with van der Waals surface area (Å²) in [6.07, 6.45) is 4.20. The van der Waals surface area contributed by atoms with Crippen molar-refractivity contribution in [2.45, 2.75) is 65.8 Å². The SMILES string of the molecule is CCCCCCN(C(=O)OCC)C(C(=O)O)C(C)CC. The molecule has 0 saturated carbocycles. The Balaban J connectivity index is 4.85. The molecule has 0 fully saturated rings. The predicted molar refractivity (Wildman–Crippen MR) is 78.7 cm³/mol. The fraction of sp³-hybridized carbons (Fsp3) is 0.867. The summed E-state index contributed by atoms with van der Waals surface area (Å²) in [4.78, 5) is 24.9. The Morgan fingerprint density at radius 3 is 2.25 bits per heavy atom. The van der Waals surface area contributed by atoms with Crippen molar-refractivity contribution in [2.75, 3.05) is 13.2 Å². The number of hydrogen-bond donors (Lipinski definition) is 1. The summed E-state index contributed by atoms with van der Waals surface area (Å²) in [7, 11) is 0. The van der Waals surface area contributed by atoms with Gasteiger partial charge in [-0.05, 0) is 19.3 Å². The van der Waals surface area contributed by atoms with E-state index in [9.17, 15) is 14.7 Å². The zero-order valence-corrected chi connectivity index (χ0v) is 13.2. The normalized spacial score (nSPS) is 13.6. The average molecular weight is 287 g/mol. The first-order valence-electron chi connectivity index (χ1n) is 7.65. The Labute approximate surface area is 122 Å². The molecule has 0 aliphatic carbocycles. The van der Waals surface area contributed by atoms with Gasteiger partial charge in [0.2, 0.25) is 0 Å². The van der Waals surface area contributed by atoms with Crippen LogP contribution in [-0.2, 0) is 9.53 Å². The molecule has 0 aliphatic heterocycles. The van der Waals surface area contributed by atoms with Crippen LogP contribution in [0, 0.1) is 5.92 Å². The number of aliphatic carboxylic acids is 1. The summed E-state index contributed by atoms with van der Waals surface area (Å²) >= 11 is 0. The van der Waals surface area contributed by atoms with Gasteiger partial charge < -0.3 is 9.84 Å². The highest BCUT2D eigenvalue weighted by molar-refractivity contribution is 5.80.